The third-order valence-corrected chi connectivity index (χ3v) is 27.2. The van der Waals surface area contributed by atoms with Gasteiger partial charge in [-0.15, -0.1) is 0 Å². The van der Waals surface area contributed by atoms with Crippen LogP contribution in [0.5, 0.6) is 23.0 Å². The smallest absolute Gasteiger partial charge is 0.335 e. The summed E-state index contributed by atoms with van der Waals surface area (Å²) in [6, 6.07) is 18.7. The van der Waals surface area contributed by atoms with Gasteiger partial charge in [-0.1, -0.05) is 6.07 Å². The Labute approximate surface area is 774 Å². The lowest BCUT2D eigenvalue weighted by Crippen LogP contribution is -2.43. The van der Waals surface area contributed by atoms with Crippen LogP contribution >= 0.6 is 0 Å². The molecular weight excluding hydrogens is 1740 g/mol. The number of aromatic hydroxyl groups is 2. The van der Waals surface area contributed by atoms with Crippen LogP contribution in [0.15, 0.2) is 103 Å². The van der Waals surface area contributed by atoms with Gasteiger partial charge in [0, 0.05) is 101 Å². The predicted molar refractivity (Wildman–Crippen MR) is 485 cm³/mol. The van der Waals surface area contributed by atoms with E-state index in [4.69, 9.17) is 113 Å². The Kier molecular flexibility index (Phi) is 35.4. The minimum Gasteiger partial charge on any atom is -0.504 e. The van der Waals surface area contributed by atoms with Crippen LogP contribution in [-0.2, 0) is 80.9 Å². The fourth-order valence-corrected chi connectivity index (χ4v) is 19.8. The van der Waals surface area contributed by atoms with Crippen LogP contribution in [-0.4, -0.2) is 290 Å². The second-order valence-electron chi connectivity index (χ2n) is 35.9. The van der Waals surface area contributed by atoms with Crippen LogP contribution in [0.2, 0.25) is 0 Å². The van der Waals surface area contributed by atoms with Crippen molar-refractivity contribution in [2.75, 3.05) is 87.4 Å². The van der Waals surface area contributed by atoms with E-state index in [1.54, 1.807) is 37.4 Å². The quantitative estimate of drug-likeness (QED) is 0.0378. The van der Waals surface area contributed by atoms with Gasteiger partial charge in [0.25, 0.3) is 0 Å². The molecule has 722 valence electrons. The number of carbonyl (C=O) groups excluding carboxylic acids is 5. The molecule has 0 bridgehead atoms. The minimum absolute atomic E-state index is 0.0168. The minimum atomic E-state index is -1.03. The molecule has 4 aromatic carbocycles. The van der Waals surface area contributed by atoms with E-state index in [2.05, 4.69) is 20.0 Å². The van der Waals surface area contributed by atoms with Crippen molar-refractivity contribution in [2.45, 2.75) is 234 Å². The fourth-order valence-electron chi connectivity index (χ4n) is 19.8. The monoisotopic (exact) mass is 1860 g/mol. The van der Waals surface area contributed by atoms with E-state index >= 15 is 0 Å². The Bertz CT molecular complexity index is 4960. The SMILES string of the molecule is C1COC(C2CCC3=NC4CC(C5OCCO5)CCC4=NC3C2)O1.COC1CC(C2OCCO2)CCC1=O.COc1cc(C2OCCO2)ccc1O.COc1cc(C=O)ccc1O.NC1CC(C2OCCO2)CCC1=O.O=C(O)C1CCC2=NC3CC(C(=O)O)CCC3=NC2C1.O=C(O)c1ccc2nc3cc(C(=O)O)ccc3nc2c1.O=CC1CCC2=NC3CC(C=O)CCC3=NC2C1. The van der Waals surface area contributed by atoms with Crippen molar-refractivity contribution >= 4 is 111 Å². The number of phenols is 2. The van der Waals surface area contributed by atoms with Gasteiger partial charge in [-0.25, -0.2) is 19.6 Å². The number of Topliss-reactive ketones (excluding diaryl/α,β-unsaturated/α-hetero) is 2. The summed E-state index contributed by atoms with van der Waals surface area (Å²) in [5.74, 6) is -1.04. The molecule has 0 radical (unpaired) electrons. The number of rotatable bonds is 15. The number of aromatic nitrogens is 2. The van der Waals surface area contributed by atoms with E-state index in [9.17, 15) is 48.3 Å². The molecule has 8 N–H and O–H groups in total. The molecule has 16 unspecified atom stereocenters. The first-order chi connectivity index (χ1) is 64.9. The number of aromatic carboxylic acids is 2. The topological polar surface area (TPSA) is 521 Å². The Hall–Kier alpha value is -10.6. The molecule has 8 aliphatic carbocycles. The molecule has 0 amide bonds. The van der Waals surface area contributed by atoms with Crippen molar-refractivity contribution < 1.29 is 135 Å². The van der Waals surface area contributed by atoms with E-state index in [1.807, 2.05) is 0 Å². The summed E-state index contributed by atoms with van der Waals surface area (Å²) in [6.07, 6.45) is 21.6. The number of aliphatic imine (C=N–C) groups is 6. The van der Waals surface area contributed by atoms with Crippen LogP contribution in [0.25, 0.3) is 22.1 Å². The number of phenolic OH excluding ortho intramolecular Hbond substituents is 2. The number of carboxylic acids is 4. The molecule has 5 saturated heterocycles. The number of fused-ring (bicyclic) bond motifs is 8. The molecule has 0 spiro atoms. The molecule has 37 nitrogen and oxygen atoms in total. The summed E-state index contributed by atoms with van der Waals surface area (Å²) in [5.41, 5.74) is 16.1. The van der Waals surface area contributed by atoms with Crippen molar-refractivity contribution in [1.29, 1.82) is 0 Å². The van der Waals surface area contributed by atoms with Crippen LogP contribution < -0.4 is 15.2 Å². The molecule has 37 heteroatoms. The van der Waals surface area contributed by atoms with Gasteiger partial charge in [0.15, 0.2) is 60.2 Å². The van der Waals surface area contributed by atoms with Gasteiger partial charge < -0.3 is 108 Å². The average Bonchev–Trinajstić information content (AvgIpc) is 1.19. The van der Waals surface area contributed by atoms with E-state index in [0.717, 1.165) is 164 Å². The Balaban J connectivity index is 0.000000124. The number of carboxylic acid groups (broad SMARTS) is 4. The van der Waals surface area contributed by atoms with Crippen molar-refractivity contribution in [3.05, 3.63) is 95.1 Å². The van der Waals surface area contributed by atoms with Gasteiger partial charge in [-0.3, -0.25) is 53.9 Å². The number of methoxy groups -OCH3 is 3. The van der Waals surface area contributed by atoms with Gasteiger partial charge in [-0.05, 0) is 208 Å². The summed E-state index contributed by atoms with van der Waals surface area (Å²) >= 11 is 0. The summed E-state index contributed by atoms with van der Waals surface area (Å²) in [6.45, 7) is 6.83. The molecule has 16 atom stereocenters. The number of ether oxygens (including phenoxy) is 13. The van der Waals surface area contributed by atoms with E-state index in [0.29, 0.717) is 167 Å². The normalized spacial score (nSPS) is 29.3. The third kappa shape index (κ3) is 26.0. The standard InChI is InChI=1S/C18H26N2O4.C14H18N2O4.C14H8N2O4.C14H18N2O2.C10H16O4.C10H12O4.C9H15NO3.C8H8O3/c1-3-13-15(9-11(1)17-21-5-6-22-17)20-14-4-2-12(10-16(14)19-13)18-23-7-8-24-18;2*17-13(18)7-1-3-9-11(5-7)16-10-4-2-8(14(19)20)6-12(10)15-9;17-7-9-1-3-11-13(5-9)16-12-4-2-10(8-18)6-14(12)15-11;2*1-12-9-6-7(2-3-8(9)11)10-13-4-5-14-10;10-7-5-6(1-2-8(7)11)9-12-3-4-13-9;1-11-8-4-6(5-9)2-3-7(8)10/h11-12,15-18H,1-10H2;7-8,11-12H,1-6H2,(H,17,18)(H,19,20);1-6H,(H,17,18)(H,19,20);7-10,13-14H,1-6H2;7,9-10H,2-6H2,1H3;2-3,6,10-11H,4-5H2,1H3;6-7,9H,1-5,10H2;2-5,10H,1H3. The van der Waals surface area contributed by atoms with Crippen LogP contribution in [0.3, 0.4) is 0 Å². The molecule has 8 aliphatic heterocycles. The third-order valence-electron chi connectivity index (χ3n) is 27.2. The number of hydrogen-bond acceptors (Lipinski definition) is 33. The maximum absolute atomic E-state index is 11.4. The van der Waals surface area contributed by atoms with Crippen molar-refractivity contribution in [2.24, 2.45) is 83.0 Å². The molecule has 5 aromatic rings. The summed E-state index contributed by atoms with van der Waals surface area (Å²) in [7, 11) is 4.53. The van der Waals surface area contributed by atoms with Crippen molar-refractivity contribution in [3.8, 4) is 23.0 Å². The largest absolute Gasteiger partial charge is 0.504 e. The lowest BCUT2D eigenvalue weighted by molar-refractivity contribution is -0.143. The van der Waals surface area contributed by atoms with E-state index in [-0.39, 0.29) is 138 Å². The maximum atomic E-state index is 11.4. The first-order valence-electron chi connectivity index (χ1n) is 46.5. The molecule has 21 rings (SSSR count). The molecule has 8 saturated carbocycles. The molecule has 16 aliphatic rings. The second-order valence-corrected chi connectivity index (χ2v) is 35.9. The highest BCUT2D eigenvalue weighted by Crippen LogP contribution is 2.42. The predicted octanol–water partition coefficient (Wildman–Crippen LogP) is 10.6. The van der Waals surface area contributed by atoms with Crippen LogP contribution in [0.1, 0.15) is 197 Å². The number of nitrogens with two attached hydrogens (primary N) is 1. The highest BCUT2D eigenvalue weighted by Gasteiger charge is 2.45. The molecule has 134 heavy (non-hydrogen) atoms. The summed E-state index contributed by atoms with van der Waals surface area (Å²) < 4.78 is 70.0. The van der Waals surface area contributed by atoms with Crippen molar-refractivity contribution in [1.82, 2.24) is 9.97 Å². The number of aldehydes is 3. The van der Waals surface area contributed by atoms with Gasteiger partial charge in [-0.2, -0.15) is 0 Å². The lowest BCUT2D eigenvalue weighted by atomic mass is 9.79. The Morgan fingerprint density at radius 2 is 0.731 bits per heavy atom. The Morgan fingerprint density at radius 3 is 1.11 bits per heavy atom. The number of aliphatic carboxylic acids is 2. The van der Waals surface area contributed by atoms with E-state index in [1.165, 1.54) is 68.1 Å². The highest BCUT2D eigenvalue weighted by atomic mass is 16.7. The Morgan fingerprint density at radius 1 is 0.381 bits per heavy atom. The van der Waals surface area contributed by atoms with Gasteiger partial charge in [0.05, 0.1) is 168 Å². The maximum Gasteiger partial charge on any atom is 0.335 e. The van der Waals surface area contributed by atoms with Crippen LogP contribution in [0.4, 0.5) is 0 Å². The molecule has 9 heterocycles. The average molecular weight is 1860 g/mol. The highest BCUT2D eigenvalue weighted by molar-refractivity contribution is 6.05. The molecular formula is C97H121N9O28. The zero-order chi connectivity index (χ0) is 94.5. The lowest BCUT2D eigenvalue weighted by Gasteiger charge is -2.38. The first kappa shape index (κ1) is 99.4. The van der Waals surface area contributed by atoms with Gasteiger partial charge in [0.1, 0.15) is 30.7 Å². The number of benzene rings is 4. The van der Waals surface area contributed by atoms with Gasteiger partial charge in [0.2, 0.25) is 0 Å². The second kappa shape index (κ2) is 47.8. The number of nitrogens with zero attached hydrogens (tertiary/aromatic N) is 8. The fraction of sp³-hybridized carbons (Fsp3) is 0.598. The van der Waals surface area contributed by atoms with Gasteiger partial charge >= 0.3 is 23.9 Å². The van der Waals surface area contributed by atoms with Crippen LogP contribution in [0, 0.1) is 47.3 Å². The molecule has 13 fully saturated rings. The summed E-state index contributed by atoms with van der Waals surface area (Å²) in [4.78, 5) is 136. The van der Waals surface area contributed by atoms with E-state index < -0.39 is 23.9 Å². The number of ketones is 2. The summed E-state index contributed by atoms with van der Waals surface area (Å²) in [5, 5.41) is 54.6. The number of carbonyl (C=O) groups is 9. The zero-order valence-electron chi connectivity index (χ0n) is 75.6. The van der Waals surface area contributed by atoms with Crippen molar-refractivity contribution in [3.63, 3.8) is 0 Å². The first-order valence-corrected chi connectivity index (χ1v) is 46.5. The number of hydrogen-bond donors (Lipinski definition) is 7. The molecule has 1 aromatic heterocycles. The zero-order valence-corrected chi connectivity index (χ0v) is 75.6.